The number of carbonyl (C=O) groups is 1. The molecule has 11 heteroatoms. The first-order chi connectivity index (χ1) is 16.9. The number of aromatic nitrogens is 9. The number of anilines is 1. The van der Waals surface area contributed by atoms with Crippen LogP contribution in [0.15, 0.2) is 73.8 Å². The second-order valence-corrected chi connectivity index (χ2v) is 9.01. The zero-order valence-electron chi connectivity index (χ0n) is 19.6. The fraction of sp³-hybridized carbons (Fsp3) is 0.208. The zero-order valence-corrected chi connectivity index (χ0v) is 19.6. The summed E-state index contributed by atoms with van der Waals surface area (Å²) in [5.74, 6) is 1.06. The van der Waals surface area contributed by atoms with E-state index in [0.717, 1.165) is 22.8 Å². The SMILES string of the molecule is CC(C)(C)c1cc(NC(=O)Cn2cc(-c3ccc(-n4ccnc4)nc3)nn2)n(-c2cccnc2)n1. The van der Waals surface area contributed by atoms with Gasteiger partial charge in [-0.15, -0.1) is 5.10 Å². The highest BCUT2D eigenvalue weighted by Gasteiger charge is 2.22. The van der Waals surface area contributed by atoms with Crippen molar-refractivity contribution in [3.05, 3.63) is 79.5 Å². The molecule has 5 aromatic rings. The number of amides is 1. The molecule has 0 radical (unpaired) electrons. The van der Waals surface area contributed by atoms with Crippen LogP contribution in [0.4, 0.5) is 5.82 Å². The third-order valence-electron chi connectivity index (χ3n) is 5.29. The molecule has 11 nitrogen and oxygen atoms in total. The first-order valence-electron chi connectivity index (χ1n) is 11.0. The molecular formula is C24H24N10O. The lowest BCUT2D eigenvalue weighted by molar-refractivity contribution is -0.117. The topological polar surface area (TPSA) is 121 Å². The number of nitrogens with one attached hydrogen (secondary N) is 1. The highest BCUT2D eigenvalue weighted by atomic mass is 16.2. The number of pyridine rings is 2. The number of nitrogens with zero attached hydrogens (tertiary/aromatic N) is 9. The quantitative estimate of drug-likeness (QED) is 0.406. The van der Waals surface area contributed by atoms with Crippen molar-refractivity contribution in [1.82, 2.24) is 44.3 Å². The van der Waals surface area contributed by atoms with Crippen LogP contribution < -0.4 is 5.32 Å². The van der Waals surface area contributed by atoms with Crippen LogP contribution in [0.3, 0.4) is 0 Å². The Labute approximate surface area is 201 Å². The third kappa shape index (κ3) is 4.83. The molecule has 0 spiro atoms. The third-order valence-corrected chi connectivity index (χ3v) is 5.29. The molecule has 35 heavy (non-hydrogen) atoms. The standard InChI is InChI=1S/C24H24N10O/c1-24(2,3)20-11-22(34(30-20)18-5-4-8-25-13-18)28-23(35)15-33-14-19(29-31-33)17-6-7-21(27-12-17)32-10-9-26-16-32/h4-14,16H,15H2,1-3H3,(H,28,35). The smallest absolute Gasteiger partial charge is 0.247 e. The van der Waals surface area contributed by atoms with Gasteiger partial charge in [0.05, 0.1) is 23.8 Å². The summed E-state index contributed by atoms with van der Waals surface area (Å²) < 4.78 is 4.99. The van der Waals surface area contributed by atoms with E-state index in [1.165, 1.54) is 4.68 Å². The van der Waals surface area contributed by atoms with Crippen molar-refractivity contribution in [1.29, 1.82) is 0 Å². The summed E-state index contributed by atoms with van der Waals surface area (Å²) in [6, 6.07) is 9.36. The first-order valence-corrected chi connectivity index (χ1v) is 11.0. The van der Waals surface area contributed by atoms with E-state index in [-0.39, 0.29) is 17.9 Å². The van der Waals surface area contributed by atoms with Gasteiger partial charge in [-0.2, -0.15) is 5.10 Å². The monoisotopic (exact) mass is 468 g/mol. The van der Waals surface area contributed by atoms with E-state index >= 15 is 0 Å². The molecule has 0 aliphatic carbocycles. The fourth-order valence-electron chi connectivity index (χ4n) is 3.43. The van der Waals surface area contributed by atoms with Crippen LogP contribution >= 0.6 is 0 Å². The molecular weight excluding hydrogens is 444 g/mol. The minimum Gasteiger partial charge on any atom is -0.309 e. The lowest BCUT2D eigenvalue weighted by Crippen LogP contribution is -2.21. The summed E-state index contributed by atoms with van der Waals surface area (Å²) in [5, 5.41) is 15.9. The van der Waals surface area contributed by atoms with Crippen LogP contribution in [0.2, 0.25) is 0 Å². The van der Waals surface area contributed by atoms with Gasteiger partial charge in [0.2, 0.25) is 5.91 Å². The Balaban J connectivity index is 1.31. The molecule has 5 rings (SSSR count). The van der Waals surface area contributed by atoms with Gasteiger partial charge in [-0.1, -0.05) is 26.0 Å². The van der Waals surface area contributed by atoms with E-state index in [0.29, 0.717) is 11.5 Å². The second kappa shape index (κ2) is 8.93. The van der Waals surface area contributed by atoms with E-state index in [1.807, 2.05) is 41.1 Å². The average molecular weight is 469 g/mol. The van der Waals surface area contributed by atoms with E-state index in [9.17, 15) is 4.79 Å². The van der Waals surface area contributed by atoms with E-state index in [2.05, 4.69) is 51.4 Å². The summed E-state index contributed by atoms with van der Waals surface area (Å²) in [5.41, 5.74) is 2.84. The molecule has 0 aromatic carbocycles. The molecule has 0 unspecified atom stereocenters. The molecule has 1 amide bonds. The molecule has 5 heterocycles. The molecule has 0 fully saturated rings. The molecule has 5 aromatic heterocycles. The van der Waals surface area contributed by atoms with Crippen LogP contribution in [0.1, 0.15) is 26.5 Å². The number of imidazole rings is 1. The number of hydrogen-bond donors (Lipinski definition) is 1. The molecule has 1 N–H and O–H groups in total. The number of rotatable bonds is 6. The van der Waals surface area contributed by atoms with Crippen molar-refractivity contribution in [3.63, 3.8) is 0 Å². The number of carbonyl (C=O) groups excluding carboxylic acids is 1. The van der Waals surface area contributed by atoms with Crippen LogP contribution in [-0.4, -0.2) is 50.2 Å². The van der Waals surface area contributed by atoms with Crippen molar-refractivity contribution < 1.29 is 4.79 Å². The first kappa shape index (κ1) is 22.1. The van der Waals surface area contributed by atoms with Gasteiger partial charge in [0.25, 0.3) is 0 Å². The molecule has 176 valence electrons. The predicted octanol–water partition coefficient (Wildman–Crippen LogP) is 3.04. The van der Waals surface area contributed by atoms with Crippen molar-refractivity contribution >= 4 is 11.7 Å². The zero-order chi connectivity index (χ0) is 24.4. The Bertz CT molecular complexity index is 1430. The van der Waals surface area contributed by atoms with Crippen molar-refractivity contribution in [2.45, 2.75) is 32.7 Å². The molecule has 0 saturated heterocycles. The maximum atomic E-state index is 12.9. The van der Waals surface area contributed by atoms with Gasteiger partial charge < -0.3 is 5.32 Å². The van der Waals surface area contributed by atoms with Crippen LogP contribution in [-0.2, 0) is 16.8 Å². The highest BCUT2D eigenvalue weighted by molar-refractivity contribution is 5.90. The van der Waals surface area contributed by atoms with E-state index in [4.69, 9.17) is 5.10 Å². The Morgan fingerprint density at radius 1 is 1.09 bits per heavy atom. The Kier molecular flexibility index (Phi) is 5.65. The molecule has 0 atom stereocenters. The molecule has 0 aliphatic rings. The fourth-order valence-corrected chi connectivity index (χ4v) is 3.43. The van der Waals surface area contributed by atoms with Crippen LogP contribution in [0.5, 0.6) is 0 Å². The van der Waals surface area contributed by atoms with Gasteiger partial charge in [0.1, 0.15) is 30.2 Å². The van der Waals surface area contributed by atoms with Gasteiger partial charge in [-0.25, -0.2) is 19.3 Å². The van der Waals surface area contributed by atoms with E-state index in [1.54, 1.807) is 42.0 Å². The van der Waals surface area contributed by atoms with Gasteiger partial charge in [-0.05, 0) is 24.3 Å². The lowest BCUT2D eigenvalue weighted by atomic mass is 9.92. The predicted molar refractivity (Wildman–Crippen MR) is 129 cm³/mol. The largest absolute Gasteiger partial charge is 0.309 e. The summed E-state index contributed by atoms with van der Waals surface area (Å²) in [7, 11) is 0. The van der Waals surface area contributed by atoms with Gasteiger partial charge >= 0.3 is 0 Å². The van der Waals surface area contributed by atoms with Crippen molar-refractivity contribution in [2.24, 2.45) is 0 Å². The Morgan fingerprint density at radius 3 is 2.66 bits per heavy atom. The summed E-state index contributed by atoms with van der Waals surface area (Å²) in [6.07, 6.45) is 12.0. The van der Waals surface area contributed by atoms with Gasteiger partial charge in [0, 0.05) is 41.8 Å². The lowest BCUT2D eigenvalue weighted by Gasteiger charge is -2.14. The van der Waals surface area contributed by atoms with E-state index < -0.39 is 0 Å². The van der Waals surface area contributed by atoms with Crippen molar-refractivity contribution in [2.75, 3.05) is 5.32 Å². The normalized spacial score (nSPS) is 11.5. The minimum absolute atomic E-state index is 0.00335. The molecule has 0 saturated carbocycles. The van der Waals surface area contributed by atoms with Gasteiger partial charge in [0.15, 0.2) is 0 Å². The molecule has 0 bridgehead atoms. The molecule has 0 aliphatic heterocycles. The van der Waals surface area contributed by atoms with Crippen LogP contribution in [0.25, 0.3) is 22.8 Å². The van der Waals surface area contributed by atoms with Crippen molar-refractivity contribution in [3.8, 4) is 22.8 Å². The average Bonchev–Trinajstić information content (AvgIpc) is 3.61. The summed E-state index contributed by atoms with van der Waals surface area (Å²) in [6.45, 7) is 6.21. The Hall–Kier alpha value is -4.67. The second-order valence-electron chi connectivity index (χ2n) is 9.01. The minimum atomic E-state index is -0.250. The maximum Gasteiger partial charge on any atom is 0.247 e. The highest BCUT2D eigenvalue weighted by Crippen LogP contribution is 2.26. The Morgan fingerprint density at radius 2 is 1.97 bits per heavy atom. The summed E-state index contributed by atoms with van der Waals surface area (Å²) >= 11 is 0. The summed E-state index contributed by atoms with van der Waals surface area (Å²) in [4.78, 5) is 25.5. The van der Waals surface area contributed by atoms with Gasteiger partial charge in [-0.3, -0.25) is 14.3 Å². The van der Waals surface area contributed by atoms with Crippen LogP contribution in [0, 0.1) is 0 Å². The maximum absolute atomic E-state index is 12.9. The number of hydrogen-bond acceptors (Lipinski definition) is 7.